The lowest BCUT2D eigenvalue weighted by atomic mass is 10.1. The maximum atomic E-state index is 12.7. The molecule has 1 amide bonds. The summed E-state index contributed by atoms with van der Waals surface area (Å²) in [5.74, 6) is 0.724. The van der Waals surface area contributed by atoms with Gasteiger partial charge in [-0.2, -0.15) is 13.2 Å². The molecule has 0 saturated carbocycles. The predicted molar refractivity (Wildman–Crippen MR) is 91.2 cm³/mol. The highest BCUT2D eigenvalue weighted by Gasteiger charge is 2.33. The summed E-state index contributed by atoms with van der Waals surface area (Å²) < 4.78 is 53.7. The van der Waals surface area contributed by atoms with Gasteiger partial charge in [-0.05, 0) is 36.8 Å². The molecule has 9 heteroatoms. The van der Waals surface area contributed by atoms with Crippen molar-refractivity contribution in [3.8, 4) is 17.2 Å². The van der Waals surface area contributed by atoms with Gasteiger partial charge in [0.05, 0.1) is 32.6 Å². The van der Waals surface area contributed by atoms with Crippen LogP contribution in [0, 0.1) is 6.92 Å². The summed E-state index contributed by atoms with van der Waals surface area (Å²) in [7, 11) is 4.41. The Morgan fingerprint density at radius 2 is 1.67 bits per heavy atom. The molecule has 2 rings (SSSR count). The summed E-state index contributed by atoms with van der Waals surface area (Å²) in [5.41, 5.74) is -0.320. The third-order valence-corrected chi connectivity index (χ3v) is 3.80. The molecule has 0 radical (unpaired) electrons. The lowest BCUT2D eigenvalue weighted by Crippen LogP contribution is -2.24. The zero-order valence-corrected chi connectivity index (χ0v) is 15.2. The number of carbonyl (C=O) groups excluding carboxylic acids is 1. The van der Waals surface area contributed by atoms with Crippen LogP contribution in [0.15, 0.2) is 24.3 Å². The number of halogens is 3. The molecule has 0 unspecified atom stereocenters. The van der Waals surface area contributed by atoms with Crippen LogP contribution in [0.5, 0.6) is 17.2 Å². The summed E-state index contributed by atoms with van der Waals surface area (Å²) in [6.45, 7) is 1.46. The van der Waals surface area contributed by atoms with Crippen LogP contribution < -0.4 is 19.5 Å². The molecule has 2 aromatic rings. The number of ether oxygens (including phenoxy) is 3. The molecule has 27 heavy (non-hydrogen) atoms. The highest BCUT2D eigenvalue weighted by Crippen LogP contribution is 2.38. The molecule has 146 valence electrons. The molecule has 1 heterocycles. The first-order valence-electron chi connectivity index (χ1n) is 7.83. The van der Waals surface area contributed by atoms with Crippen LogP contribution in [0.2, 0.25) is 0 Å². The highest BCUT2D eigenvalue weighted by molar-refractivity contribution is 5.95. The van der Waals surface area contributed by atoms with Crippen molar-refractivity contribution in [1.29, 1.82) is 0 Å². The van der Waals surface area contributed by atoms with Gasteiger partial charge in [-0.1, -0.05) is 0 Å². The zero-order chi connectivity index (χ0) is 20.2. The number of aromatic nitrogens is 1. The Morgan fingerprint density at radius 3 is 2.11 bits per heavy atom. The SMILES string of the molecule is COc1cc(CNC(=O)c2ccc(C(F)(F)F)nc2C)cc(OC)c1OC. The second-order valence-electron chi connectivity index (χ2n) is 5.54. The first-order chi connectivity index (χ1) is 12.7. The molecule has 0 saturated heterocycles. The fourth-order valence-corrected chi connectivity index (χ4v) is 2.47. The number of rotatable bonds is 6. The third-order valence-electron chi connectivity index (χ3n) is 3.80. The Hall–Kier alpha value is -2.97. The second kappa shape index (κ2) is 8.15. The molecule has 0 aliphatic carbocycles. The van der Waals surface area contributed by atoms with Gasteiger partial charge in [0.2, 0.25) is 5.75 Å². The molecule has 1 N–H and O–H groups in total. The minimum atomic E-state index is -4.56. The van der Waals surface area contributed by atoms with Gasteiger partial charge in [0, 0.05) is 6.54 Å². The molecule has 1 aromatic carbocycles. The molecule has 0 aliphatic rings. The number of nitrogens with one attached hydrogen (secondary N) is 1. The largest absolute Gasteiger partial charge is 0.493 e. The average Bonchev–Trinajstić information content (AvgIpc) is 2.64. The molecule has 0 bridgehead atoms. The number of carbonyl (C=O) groups is 1. The second-order valence-corrected chi connectivity index (χ2v) is 5.54. The van der Waals surface area contributed by atoms with Gasteiger partial charge >= 0.3 is 6.18 Å². The smallest absolute Gasteiger partial charge is 0.433 e. The van der Waals surface area contributed by atoms with Crippen LogP contribution in [0.3, 0.4) is 0 Å². The van der Waals surface area contributed by atoms with Gasteiger partial charge in [0.15, 0.2) is 11.5 Å². The normalized spacial score (nSPS) is 11.1. The van der Waals surface area contributed by atoms with E-state index >= 15 is 0 Å². The number of hydrogen-bond donors (Lipinski definition) is 1. The Bertz CT molecular complexity index is 813. The summed E-state index contributed by atoms with van der Waals surface area (Å²) in [6.07, 6.45) is -4.56. The molecule has 0 aliphatic heterocycles. The lowest BCUT2D eigenvalue weighted by Gasteiger charge is -2.15. The molecule has 6 nitrogen and oxygen atoms in total. The van der Waals surface area contributed by atoms with Gasteiger partial charge in [-0.3, -0.25) is 4.79 Å². The standard InChI is InChI=1S/C18H19F3N2O4/c1-10-12(5-6-15(23-10)18(19,20)21)17(24)22-9-11-7-13(25-2)16(27-4)14(8-11)26-3/h5-8H,9H2,1-4H3,(H,22,24). The quantitative estimate of drug-likeness (QED) is 0.827. The van der Waals surface area contributed by atoms with Crippen LogP contribution in [-0.2, 0) is 12.7 Å². The van der Waals surface area contributed by atoms with Gasteiger partial charge in [-0.25, -0.2) is 4.98 Å². The number of hydrogen-bond acceptors (Lipinski definition) is 5. The van der Waals surface area contributed by atoms with Crippen molar-refractivity contribution in [2.24, 2.45) is 0 Å². The Kier molecular flexibility index (Phi) is 6.14. The first kappa shape index (κ1) is 20.3. The van der Waals surface area contributed by atoms with Crippen LogP contribution in [0.1, 0.15) is 27.3 Å². The van der Waals surface area contributed by atoms with Crippen molar-refractivity contribution in [2.45, 2.75) is 19.6 Å². The van der Waals surface area contributed by atoms with E-state index in [4.69, 9.17) is 14.2 Å². The van der Waals surface area contributed by atoms with Gasteiger partial charge in [0.1, 0.15) is 5.69 Å². The van der Waals surface area contributed by atoms with Gasteiger partial charge < -0.3 is 19.5 Å². The topological polar surface area (TPSA) is 69.7 Å². The van der Waals surface area contributed by atoms with Crippen LogP contribution in [0.25, 0.3) is 0 Å². The maximum absolute atomic E-state index is 12.7. The van der Waals surface area contributed by atoms with E-state index < -0.39 is 17.8 Å². The van der Waals surface area contributed by atoms with E-state index in [-0.39, 0.29) is 17.8 Å². The van der Waals surface area contributed by atoms with Gasteiger partial charge in [0.25, 0.3) is 5.91 Å². The van der Waals surface area contributed by atoms with Crippen molar-refractivity contribution in [3.05, 3.63) is 46.8 Å². The average molecular weight is 384 g/mol. The molecule has 1 aromatic heterocycles. The summed E-state index contributed by atoms with van der Waals surface area (Å²) in [5, 5.41) is 2.64. The summed E-state index contributed by atoms with van der Waals surface area (Å²) >= 11 is 0. The van der Waals surface area contributed by atoms with Crippen LogP contribution in [-0.4, -0.2) is 32.2 Å². The van der Waals surface area contributed by atoms with Crippen molar-refractivity contribution < 1.29 is 32.2 Å². The zero-order valence-electron chi connectivity index (χ0n) is 15.2. The number of benzene rings is 1. The molecule has 0 fully saturated rings. The molecular formula is C18H19F3N2O4. The van der Waals surface area contributed by atoms with Crippen molar-refractivity contribution in [2.75, 3.05) is 21.3 Å². The Balaban J connectivity index is 2.18. The lowest BCUT2D eigenvalue weighted by molar-refractivity contribution is -0.141. The molecular weight excluding hydrogens is 365 g/mol. The van der Waals surface area contributed by atoms with Crippen molar-refractivity contribution >= 4 is 5.91 Å². The number of pyridine rings is 1. The number of amides is 1. The van der Waals surface area contributed by atoms with E-state index in [9.17, 15) is 18.0 Å². The van der Waals surface area contributed by atoms with E-state index in [0.717, 1.165) is 12.1 Å². The third kappa shape index (κ3) is 4.60. The van der Waals surface area contributed by atoms with E-state index in [1.54, 1.807) is 12.1 Å². The fraction of sp³-hybridized carbons (Fsp3) is 0.333. The highest BCUT2D eigenvalue weighted by atomic mass is 19.4. The number of nitrogens with zero attached hydrogens (tertiary/aromatic N) is 1. The maximum Gasteiger partial charge on any atom is 0.433 e. The summed E-state index contributed by atoms with van der Waals surface area (Å²) in [4.78, 5) is 15.8. The predicted octanol–water partition coefficient (Wildman–Crippen LogP) is 3.36. The fourth-order valence-electron chi connectivity index (χ4n) is 2.47. The van der Waals surface area contributed by atoms with E-state index in [1.807, 2.05) is 0 Å². The Morgan fingerprint density at radius 1 is 1.07 bits per heavy atom. The van der Waals surface area contributed by atoms with Crippen molar-refractivity contribution in [1.82, 2.24) is 10.3 Å². The first-order valence-corrected chi connectivity index (χ1v) is 7.83. The molecule has 0 spiro atoms. The Labute approximate surface area is 154 Å². The monoisotopic (exact) mass is 384 g/mol. The van der Waals surface area contributed by atoms with Gasteiger partial charge in [-0.15, -0.1) is 0 Å². The van der Waals surface area contributed by atoms with Crippen molar-refractivity contribution in [3.63, 3.8) is 0 Å². The minimum absolute atomic E-state index is 0.00721. The molecule has 0 atom stereocenters. The number of aryl methyl sites for hydroxylation is 1. The van der Waals surface area contributed by atoms with Crippen LogP contribution in [0.4, 0.5) is 13.2 Å². The minimum Gasteiger partial charge on any atom is -0.493 e. The van der Waals surface area contributed by atoms with E-state index in [0.29, 0.717) is 22.8 Å². The van der Waals surface area contributed by atoms with E-state index in [2.05, 4.69) is 10.3 Å². The summed E-state index contributed by atoms with van der Waals surface area (Å²) in [6, 6.07) is 5.22. The van der Waals surface area contributed by atoms with E-state index in [1.165, 1.54) is 28.3 Å². The van der Waals surface area contributed by atoms with Crippen LogP contribution >= 0.6 is 0 Å². The number of methoxy groups -OCH3 is 3. The number of alkyl halides is 3.